The summed E-state index contributed by atoms with van der Waals surface area (Å²) in [5, 5.41) is 6.86. The second-order valence-electron chi connectivity index (χ2n) is 10.6. The van der Waals surface area contributed by atoms with Crippen LogP contribution in [-0.4, -0.2) is 62.5 Å². The van der Waals surface area contributed by atoms with Gasteiger partial charge in [0.15, 0.2) is 0 Å². The van der Waals surface area contributed by atoms with E-state index >= 15 is 0 Å². The number of likely N-dealkylation sites (tertiary alicyclic amines) is 1. The molecule has 192 valence electrons. The van der Waals surface area contributed by atoms with E-state index in [-0.39, 0.29) is 18.2 Å². The summed E-state index contributed by atoms with van der Waals surface area (Å²) in [6.45, 7) is 8.17. The van der Waals surface area contributed by atoms with Gasteiger partial charge in [0.2, 0.25) is 11.8 Å². The minimum atomic E-state index is -0.604. The minimum Gasteiger partial charge on any atom is -0.492 e. The van der Waals surface area contributed by atoms with Crippen LogP contribution in [0, 0.1) is 5.92 Å². The van der Waals surface area contributed by atoms with Crippen molar-refractivity contribution in [3.05, 3.63) is 47.3 Å². The zero-order chi connectivity index (χ0) is 25.2. The van der Waals surface area contributed by atoms with E-state index in [9.17, 15) is 14.4 Å². The van der Waals surface area contributed by atoms with Crippen LogP contribution >= 0.6 is 0 Å². The van der Waals surface area contributed by atoms with Crippen molar-refractivity contribution < 1.29 is 19.1 Å². The van der Waals surface area contributed by atoms with Crippen LogP contribution in [0.3, 0.4) is 0 Å². The largest absolute Gasteiger partial charge is 0.492 e. The Bertz CT molecular complexity index is 1140. The van der Waals surface area contributed by atoms with E-state index < -0.39 is 11.9 Å². The molecule has 0 radical (unpaired) electrons. The summed E-state index contributed by atoms with van der Waals surface area (Å²) >= 11 is 0. The molecule has 2 saturated heterocycles. The number of carbonyl (C=O) groups excluding carboxylic acids is 3. The van der Waals surface area contributed by atoms with Crippen molar-refractivity contribution in [1.82, 2.24) is 24.9 Å². The molecule has 1 N–H and O–H groups in total. The summed E-state index contributed by atoms with van der Waals surface area (Å²) < 4.78 is 8.26. The van der Waals surface area contributed by atoms with Crippen molar-refractivity contribution in [3.63, 3.8) is 0 Å². The maximum Gasteiger partial charge on any atom is 0.255 e. The maximum absolute atomic E-state index is 12.9. The fourth-order valence-electron chi connectivity index (χ4n) is 5.49. The zero-order valence-electron chi connectivity index (χ0n) is 21.1. The Morgan fingerprint density at radius 2 is 2.03 bits per heavy atom. The highest BCUT2D eigenvalue weighted by Crippen LogP contribution is 2.30. The lowest BCUT2D eigenvalue weighted by Gasteiger charge is -2.35. The second kappa shape index (κ2) is 10.4. The molecule has 5 rings (SSSR count). The molecule has 9 nitrogen and oxygen atoms in total. The number of nitrogens with zero attached hydrogens (tertiary/aromatic N) is 4. The van der Waals surface area contributed by atoms with Gasteiger partial charge in [-0.3, -0.25) is 29.3 Å². The van der Waals surface area contributed by atoms with Crippen LogP contribution in [0.5, 0.6) is 5.75 Å². The molecule has 9 heteroatoms. The van der Waals surface area contributed by atoms with Crippen molar-refractivity contribution >= 4 is 17.7 Å². The number of aromatic nitrogens is 2. The van der Waals surface area contributed by atoms with Gasteiger partial charge in [-0.25, -0.2) is 0 Å². The summed E-state index contributed by atoms with van der Waals surface area (Å²) in [5.74, 6) is 0.463. The normalized spacial score (nSPS) is 22.8. The molecule has 1 aromatic heterocycles. The molecule has 2 unspecified atom stereocenters. The topological polar surface area (TPSA) is 96.8 Å². The number of ether oxygens (including phenoxy) is 1. The highest BCUT2D eigenvalue weighted by molar-refractivity contribution is 6.05. The van der Waals surface area contributed by atoms with E-state index in [1.165, 1.54) is 18.4 Å². The maximum atomic E-state index is 12.9. The van der Waals surface area contributed by atoms with Gasteiger partial charge < -0.3 is 9.64 Å². The molecule has 2 fully saturated rings. The number of rotatable bonds is 8. The van der Waals surface area contributed by atoms with Gasteiger partial charge in [0.1, 0.15) is 18.4 Å². The van der Waals surface area contributed by atoms with Gasteiger partial charge in [-0.05, 0) is 55.5 Å². The molecule has 3 aliphatic rings. The first-order chi connectivity index (χ1) is 17.4. The molecule has 3 amide bonds. The number of carbonyl (C=O) groups is 3. The molecule has 2 atom stereocenters. The Hall–Kier alpha value is -3.20. The third-order valence-electron chi connectivity index (χ3n) is 7.31. The smallest absolute Gasteiger partial charge is 0.255 e. The van der Waals surface area contributed by atoms with Crippen LogP contribution in [0.15, 0.2) is 30.6 Å². The molecule has 3 aliphatic heterocycles. The number of benzene rings is 1. The first kappa shape index (κ1) is 24.5. The third-order valence-corrected chi connectivity index (χ3v) is 7.31. The number of fused-ring (bicyclic) bond motifs is 1. The Labute approximate surface area is 211 Å². The number of piperidine rings is 2. The number of amides is 3. The molecule has 1 aromatic carbocycles. The summed E-state index contributed by atoms with van der Waals surface area (Å²) in [6, 6.07) is 5.27. The highest BCUT2D eigenvalue weighted by Gasteiger charge is 2.39. The van der Waals surface area contributed by atoms with Gasteiger partial charge >= 0.3 is 0 Å². The SMILES string of the molecule is CC(C)Cn1cc(CN2CCCCC2COc2ccc3c(c2)CN(C2CCC(=O)NC2=O)C3=O)cn1. The fraction of sp³-hybridized carbons (Fsp3) is 0.556. The molecule has 0 saturated carbocycles. The summed E-state index contributed by atoms with van der Waals surface area (Å²) in [7, 11) is 0. The predicted molar refractivity (Wildman–Crippen MR) is 133 cm³/mol. The van der Waals surface area contributed by atoms with Gasteiger partial charge in [0.25, 0.3) is 5.91 Å². The van der Waals surface area contributed by atoms with E-state index in [2.05, 4.69) is 35.4 Å². The lowest BCUT2D eigenvalue weighted by Crippen LogP contribution is -2.52. The van der Waals surface area contributed by atoms with Crippen LogP contribution in [0.25, 0.3) is 0 Å². The van der Waals surface area contributed by atoms with Crippen molar-refractivity contribution in [2.24, 2.45) is 5.92 Å². The van der Waals surface area contributed by atoms with Gasteiger partial charge in [0, 0.05) is 49.4 Å². The molecule has 0 bridgehead atoms. The van der Waals surface area contributed by atoms with E-state index in [4.69, 9.17) is 4.74 Å². The quantitative estimate of drug-likeness (QED) is 0.568. The van der Waals surface area contributed by atoms with Crippen molar-refractivity contribution in [2.75, 3.05) is 13.2 Å². The molecule has 2 aromatic rings. The summed E-state index contributed by atoms with van der Waals surface area (Å²) in [6.07, 6.45) is 8.21. The average Bonchev–Trinajstić information content (AvgIpc) is 3.41. The van der Waals surface area contributed by atoms with Gasteiger partial charge in [-0.2, -0.15) is 5.10 Å². The van der Waals surface area contributed by atoms with Crippen LogP contribution < -0.4 is 10.1 Å². The monoisotopic (exact) mass is 493 g/mol. The lowest BCUT2D eigenvalue weighted by molar-refractivity contribution is -0.136. The van der Waals surface area contributed by atoms with E-state index in [0.717, 1.165) is 37.4 Å². The number of imide groups is 1. The standard InChI is InChI=1S/C27H35N5O4/c1-18(2)13-31-15-19(12-28-31)14-30-10-4-3-5-21(30)17-36-22-6-7-23-20(11-22)16-32(27(23)35)24-8-9-25(33)29-26(24)34/h6-7,11-12,15,18,21,24H,3-5,8-10,13-14,16-17H2,1-2H3,(H,29,33,34). The minimum absolute atomic E-state index is 0.164. The van der Waals surface area contributed by atoms with Crippen LogP contribution in [0.2, 0.25) is 0 Å². The number of hydrogen-bond donors (Lipinski definition) is 1. The number of nitrogens with one attached hydrogen (secondary N) is 1. The Balaban J connectivity index is 1.20. The summed E-state index contributed by atoms with van der Waals surface area (Å²) in [4.78, 5) is 40.7. The summed E-state index contributed by atoms with van der Waals surface area (Å²) in [5.41, 5.74) is 2.69. The van der Waals surface area contributed by atoms with Gasteiger partial charge in [0.05, 0.1) is 6.20 Å². The van der Waals surface area contributed by atoms with Crippen LogP contribution in [-0.2, 0) is 29.2 Å². The molecule has 0 aliphatic carbocycles. The van der Waals surface area contributed by atoms with Crippen LogP contribution in [0.4, 0.5) is 0 Å². The van der Waals surface area contributed by atoms with Gasteiger partial charge in [-0.15, -0.1) is 0 Å². The van der Waals surface area contributed by atoms with Crippen molar-refractivity contribution in [2.45, 2.75) is 77.7 Å². The molecule has 0 spiro atoms. The highest BCUT2D eigenvalue weighted by atomic mass is 16.5. The van der Waals surface area contributed by atoms with Gasteiger partial charge in [-0.1, -0.05) is 20.3 Å². The average molecular weight is 494 g/mol. The predicted octanol–water partition coefficient (Wildman–Crippen LogP) is 2.73. The molecule has 4 heterocycles. The number of hydrogen-bond acceptors (Lipinski definition) is 6. The van der Waals surface area contributed by atoms with Crippen molar-refractivity contribution in [3.8, 4) is 5.75 Å². The Kier molecular flexibility index (Phi) is 7.09. The first-order valence-electron chi connectivity index (χ1n) is 13.0. The third kappa shape index (κ3) is 5.31. The molecular weight excluding hydrogens is 458 g/mol. The first-order valence-corrected chi connectivity index (χ1v) is 13.0. The second-order valence-corrected chi connectivity index (χ2v) is 10.6. The lowest BCUT2D eigenvalue weighted by atomic mass is 10.0. The van der Waals surface area contributed by atoms with Crippen LogP contribution in [0.1, 0.15) is 67.4 Å². The molecule has 36 heavy (non-hydrogen) atoms. The van der Waals surface area contributed by atoms with E-state index in [1.807, 2.05) is 23.0 Å². The fourth-order valence-corrected chi connectivity index (χ4v) is 5.49. The molecular formula is C27H35N5O4. The Morgan fingerprint density at radius 3 is 2.83 bits per heavy atom. The zero-order valence-corrected chi connectivity index (χ0v) is 21.1. The van der Waals surface area contributed by atoms with E-state index in [1.54, 1.807) is 11.0 Å². The van der Waals surface area contributed by atoms with E-state index in [0.29, 0.717) is 37.1 Å². The van der Waals surface area contributed by atoms with Crippen molar-refractivity contribution in [1.29, 1.82) is 0 Å². The Morgan fingerprint density at radius 1 is 1.17 bits per heavy atom.